The third kappa shape index (κ3) is 7.06. The van der Waals surface area contributed by atoms with Crippen LogP contribution < -0.4 is 8.31 Å². The van der Waals surface area contributed by atoms with Crippen molar-refractivity contribution in [2.45, 2.75) is 48.6 Å². The van der Waals surface area contributed by atoms with Gasteiger partial charge >= 0.3 is 48.1 Å². The van der Waals surface area contributed by atoms with Crippen LogP contribution in [0.4, 0.5) is 39.5 Å². The summed E-state index contributed by atoms with van der Waals surface area (Å²) in [6.45, 7) is 3.11. The van der Waals surface area contributed by atoms with Crippen LogP contribution in [0, 0.1) is 5.92 Å². The van der Waals surface area contributed by atoms with Gasteiger partial charge in [-0.2, -0.15) is 47.9 Å². The number of rotatable bonds is 13. The zero-order valence-electron chi connectivity index (χ0n) is 19.3. The SMILES string of the molecule is CCC(C)C(=O)OCCc1ccc(OS(=O)(=O)C(F)(F)C(F)(F)C(F)(F)S(=O)(=O)NS(=O)(=O)C(F)(F)F)cc1. The molecule has 226 valence electrons. The fraction of sp³-hybridized carbons (Fsp3) is 0.588. The number of carbonyl (C=O) groups excluding carboxylic acids is 1. The molecule has 22 heteroatoms. The zero-order chi connectivity index (χ0) is 30.9. The molecule has 1 rings (SSSR count). The van der Waals surface area contributed by atoms with Crippen LogP contribution in [0.15, 0.2) is 24.3 Å². The van der Waals surface area contributed by atoms with E-state index >= 15 is 0 Å². The first kappa shape index (κ1) is 34.7. The fourth-order valence-corrected chi connectivity index (χ4v) is 5.60. The molecule has 1 unspecified atom stereocenters. The maximum atomic E-state index is 14.1. The van der Waals surface area contributed by atoms with Crippen LogP contribution in [0.2, 0.25) is 0 Å². The Morgan fingerprint density at radius 2 is 1.33 bits per heavy atom. The predicted octanol–water partition coefficient (Wildman–Crippen LogP) is 3.12. The van der Waals surface area contributed by atoms with Gasteiger partial charge in [0.1, 0.15) is 5.75 Å². The summed E-state index contributed by atoms with van der Waals surface area (Å²) >= 11 is 0. The first-order chi connectivity index (χ1) is 17.3. The molecule has 0 fully saturated rings. The number of alkyl halides is 9. The highest BCUT2D eigenvalue weighted by Gasteiger charge is 2.83. The molecular formula is C17H18F9NO9S3. The van der Waals surface area contributed by atoms with E-state index in [4.69, 9.17) is 4.74 Å². The van der Waals surface area contributed by atoms with E-state index in [1.807, 2.05) is 0 Å². The van der Waals surface area contributed by atoms with Gasteiger partial charge in [-0.3, -0.25) is 4.79 Å². The Bertz CT molecular complexity index is 1360. The summed E-state index contributed by atoms with van der Waals surface area (Å²) in [6.07, 6.45) is 0.464. The first-order valence-corrected chi connectivity index (χ1v) is 14.3. The first-order valence-electron chi connectivity index (χ1n) is 9.95. The van der Waals surface area contributed by atoms with Gasteiger partial charge in [-0.05, 0) is 24.1 Å². The van der Waals surface area contributed by atoms with Gasteiger partial charge in [0.05, 0.1) is 12.5 Å². The van der Waals surface area contributed by atoms with E-state index in [1.54, 1.807) is 13.8 Å². The van der Waals surface area contributed by atoms with Crippen LogP contribution in [0.25, 0.3) is 0 Å². The average Bonchev–Trinajstić information content (AvgIpc) is 2.77. The highest BCUT2D eigenvalue weighted by molar-refractivity contribution is 8.05. The molecule has 10 nitrogen and oxygen atoms in total. The van der Waals surface area contributed by atoms with Gasteiger partial charge in [0.15, 0.2) is 0 Å². The summed E-state index contributed by atoms with van der Waals surface area (Å²) in [5, 5.41) is -14.6. The summed E-state index contributed by atoms with van der Waals surface area (Å²) in [6, 6.07) is 3.07. The second-order valence-electron chi connectivity index (χ2n) is 7.55. The average molecular weight is 648 g/mol. The number of benzene rings is 1. The van der Waals surface area contributed by atoms with Crippen molar-refractivity contribution >= 4 is 36.1 Å². The monoisotopic (exact) mass is 647 g/mol. The van der Waals surface area contributed by atoms with Crippen molar-refractivity contribution in [1.82, 2.24) is 4.13 Å². The molecule has 0 aliphatic heterocycles. The number of sulfonamides is 2. The molecule has 1 atom stereocenters. The molecule has 0 aliphatic rings. The molecule has 0 aliphatic carbocycles. The maximum Gasteiger partial charge on any atom is 0.512 e. The molecule has 0 saturated carbocycles. The lowest BCUT2D eigenvalue weighted by molar-refractivity contribution is -0.245. The standard InChI is InChI=1S/C17H18F9NO9S3/c1-3-10(2)13(28)35-9-8-11-4-6-12(7-5-11)36-39(33,34)16(22,23)14(18,19)15(20,21)37(29,30)27-38(31,32)17(24,25)26/h4-7,10,27H,3,8-9H2,1-2H3. The molecule has 0 spiro atoms. The Morgan fingerprint density at radius 3 is 1.77 bits per heavy atom. The topological polar surface area (TPSA) is 150 Å². The van der Waals surface area contributed by atoms with Crippen molar-refractivity contribution in [2.24, 2.45) is 5.92 Å². The second kappa shape index (κ2) is 11.3. The van der Waals surface area contributed by atoms with E-state index < -0.39 is 73.9 Å². The van der Waals surface area contributed by atoms with Crippen molar-refractivity contribution in [3.63, 3.8) is 0 Å². The van der Waals surface area contributed by atoms with Gasteiger partial charge < -0.3 is 8.92 Å². The van der Waals surface area contributed by atoms with E-state index in [-0.39, 0.29) is 18.6 Å². The molecule has 0 aromatic heterocycles. The number of hydrogen-bond acceptors (Lipinski definition) is 9. The normalized spacial score (nSPS) is 15.1. The minimum absolute atomic E-state index is 0.0125. The largest absolute Gasteiger partial charge is 0.512 e. The molecule has 0 heterocycles. The molecule has 0 radical (unpaired) electrons. The molecule has 39 heavy (non-hydrogen) atoms. The highest BCUT2D eigenvalue weighted by Crippen LogP contribution is 2.51. The Balaban J connectivity index is 3.18. The Morgan fingerprint density at radius 1 is 0.846 bits per heavy atom. The zero-order valence-corrected chi connectivity index (χ0v) is 21.8. The molecular weight excluding hydrogens is 629 g/mol. The summed E-state index contributed by atoms with van der Waals surface area (Å²) < 4.78 is 196. The number of esters is 1. The minimum atomic E-state index is -7.88. The van der Waals surface area contributed by atoms with Gasteiger partial charge in [0.2, 0.25) is 0 Å². The number of ether oxygens (including phenoxy) is 1. The van der Waals surface area contributed by atoms with Crippen LogP contribution in [0.1, 0.15) is 25.8 Å². The third-order valence-corrected chi connectivity index (χ3v) is 9.28. The lowest BCUT2D eigenvalue weighted by atomic mass is 10.1. The van der Waals surface area contributed by atoms with Gasteiger partial charge in [-0.1, -0.05) is 30.1 Å². The summed E-state index contributed by atoms with van der Waals surface area (Å²) in [5.41, 5.74) is -6.42. The van der Waals surface area contributed by atoms with Crippen molar-refractivity contribution in [1.29, 1.82) is 0 Å². The van der Waals surface area contributed by atoms with Crippen molar-refractivity contribution < 1.29 is 78.5 Å². The van der Waals surface area contributed by atoms with Crippen LogP contribution >= 0.6 is 0 Å². The van der Waals surface area contributed by atoms with E-state index in [2.05, 4.69) is 4.18 Å². The second-order valence-corrected chi connectivity index (χ2v) is 12.8. The Kier molecular flexibility index (Phi) is 10.0. The van der Waals surface area contributed by atoms with Gasteiger partial charge in [-0.25, -0.2) is 16.8 Å². The molecule has 0 bridgehead atoms. The molecule has 0 saturated heterocycles. The summed E-state index contributed by atoms with van der Waals surface area (Å²) in [5.74, 6) is -9.74. The van der Waals surface area contributed by atoms with Crippen LogP contribution in [0.5, 0.6) is 5.75 Å². The summed E-state index contributed by atoms with van der Waals surface area (Å²) in [4.78, 5) is 11.6. The Hall–Kier alpha value is -2.33. The van der Waals surface area contributed by atoms with E-state index in [9.17, 15) is 69.6 Å². The fourth-order valence-electron chi connectivity index (χ4n) is 2.21. The van der Waals surface area contributed by atoms with Crippen LogP contribution in [-0.4, -0.2) is 59.8 Å². The lowest BCUT2D eigenvalue weighted by Gasteiger charge is -2.31. The number of carbonyl (C=O) groups is 1. The molecule has 1 N–H and O–H groups in total. The molecule has 1 aromatic carbocycles. The Labute approximate surface area is 215 Å². The van der Waals surface area contributed by atoms with Gasteiger partial charge in [-0.15, -0.1) is 0 Å². The smallest absolute Gasteiger partial charge is 0.465 e. The number of hydrogen-bond donors (Lipinski definition) is 1. The van der Waals surface area contributed by atoms with E-state index in [1.165, 1.54) is 0 Å². The van der Waals surface area contributed by atoms with Crippen molar-refractivity contribution in [3.8, 4) is 5.75 Å². The molecule has 0 amide bonds. The van der Waals surface area contributed by atoms with Gasteiger partial charge in [0, 0.05) is 6.42 Å². The predicted molar refractivity (Wildman–Crippen MR) is 112 cm³/mol. The van der Waals surface area contributed by atoms with Crippen LogP contribution in [0.3, 0.4) is 0 Å². The van der Waals surface area contributed by atoms with E-state index in [0.29, 0.717) is 18.6 Å². The van der Waals surface area contributed by atoms with Crippen LogP contribution in [-0.2, 0) is 46.1 Å². The lowest BCUT2D eigenvalue weighted by Crippen LogP contribution is -2.64. The van der Waals surface area contributed by atoms with Crippen molar-refractivity contribution in [3.05, 3.63) is 29.8 Å². The third-order valence-electron chi connectivity index (χ3n) is 4.69. The van der Waals surface area contributed by atoms with E-state index in [0.717, 1.165) is 12.1 Å². The molecule has 1 aromatic rings. The van der Waals surface area contributed by atoms with Crippen molar-refractivity contribution in [2.75, 3.05) is 6.61 Å². The summed E-state index contributed by atoms with van der Waals surface area (Å²) in [7, 11) is -22.5. The number of nitrogens with one attached hydrogen (secondary N) is 1. The highest BCUT2D eigenvalue weighted by atomic mass is 32.3. The quantitative estimate of drug-likeness (QED) is 0.194. The maximum absolute atomic E-state index is 14.1. The van der Waals surface area contributed by atoms with Gasteiger partial charge in [0.25, 0.3) is 10.0 Å². The number of halogens is 9. The minimum Gasteiger partial charge on any atom is -0.465 e.